The fraction of sp³-hybridized carbons (Fsp3) is 0.450. The van der Waals surface area contributed by atoms with Crippen LogP contribution < -0.4 is 15.5 Å². The second-order valence-corrected chi connectivity index (χ2v) is 6.87. The molecular weight excluding hydrogens is 344 g/mol. The minimum atomic E-state index is -0.630. The minimum Gasteiger partial charge on any atom is -0.371 e. The molecule has 2 N–H and O–H groups in total. The van der Waals surface area contributed by atoms with Crippen LogP contribution in [0.2, 0.25) is 0 Å². The Balaban J connectivity index is 1.66. The summed E-state index contributed by atoms with van der Waals surface area (Å²) in [6.07, 6.45) is 3.70. The smallest absolute Gasteiger partial charge is 0.274 e. The predicted octanol–water partition coefficient (Wildman–Crippen LogP) is 3.12. The zero-order valence-electron chi connectivity index (χ0n) is 15.8. The van der Waals surface area contributed by atoms with Gasteiger partial charge in [-0.1, -0.05) is 24.6 Å². The van der Waals surface area contributed by atoms with Crippen molar-refractivity contribution in [1.82, 2.24) is 10.5 Å². The Bertz CT molecular complexity index is 796. The van der Waals surface area contributed by atoms with Crippen molar-refractivity contribution < 1.29 is 14.1 Å². The minimum absolute atomic E-state index is 0.178. The van der Waals surface area contributed by atoms with Crippen molar-refractivity contribution in [3.63, 3.8) is 0 Å². The molecule has 144 valence electrons. The summed E-state index contributed by atoms with van der Waals surface area (Å²) in [6, 6.07) is 8.76. The number of rotatable bonds is 7. The van der Waals surface area contributed by atoms with Crippen LogP contribution in [0.25, 0.3) is 0 Å². The molecule has 3 rings (SSSR count). The molecule has 27 heavy (non-hydrogen) atoms. The van der Waals surface area contributed by atoms with Crippen molar-refractivity contribution in [2.24, 2.45) is 0 Å². The van der Waals surface area contributed by atoms with E-state index in [9.17, 15) is 9.59 Å². The molecule has 1 saturated heterocycles. The van der Waals surface area contributed by atoms with E-state index in [0.717, 1.165) is 30.9 Å². The van der Waals surface area contributed by atoms with E-state index in [1.54, 1.807) is 13.0 Å². The van der Waals surface area contributed by atoms with E-state index in [-0.39, 0.29) is 11.6 Å². The van der Waals surface area contributed by atoms with Gasteiger partial charge in [-0.25, -0.2) is 0 Å². The van der Waals surface area contributed by atoms with Gasteiger partial charge in [0.25, 0.3) is 5.91 Å². The van der Waals surface area contributed by atoms with Gasteiger partial charge < -0.3 is 20.1 Å². The molecule has 1 aromatic heterocycles. The van der Waals surface area contributed by atoms with Crippen LogP contribution in [0.15, 0.2) is 34.9 Å². The second kappa shape index (κ2) is 8.70. The summed E-state index contributed by atoms with van der Waals surface area (Å²) in [5, 5.41) is 9.39. The van der Waals surface area contributed by atoms with Gasteiger partial charge in [-0.3, -0.25) is 9.59 Å². The first-order chi connectivity index (χ1) is 13.1. The Morgan fingerprint density at radius 3 is 2.70 bits per heavy atom. The Morgan fingerprint density at radius 2 is 2.04 bits per heavy atom. The molecule has 7 nitrogen and oxygen atoms in total. The van der Waals surface area contributed by atoms with Crippen LogP contribution in [0.3, 0.4) is 0 Å². The third-order valence-electron chi connectivity index (χ3n) is 4.64. The van der Waals surface area contributed by atoms with Crippen LogP contribution in [0, 0.1) is 6.92 Å². The number of amides is 2. The van der Waals surface area contributed by atoms with Gasteiger partial charge >= 0.3 is 0 Å². The van der Waals surface area contributed by atoms with Crippen LogP contribution in [-0.4, -0.2) is 36.1 Å². The Labute approximate surface area is 159 Å². The van der Waals surface area contributed by atoms with Gasteiger partial charge in [-0.2, -0.15) is 0 Å². The number of hydrogen-bond donors (Lipinski definition) is 2. The summed E-state index contributed by atoms with van der Waals surface area (Å²) in [4.78, 5) is 27.3. The van der Waals surface area contributed by atoms with Gasteiger partial charge in [0.05, 0.1) is 0 Å². The van der Waals surface area contributed by atoms with Crippen LogP contribution >= 0.6 is 0 Å². The van der Waals surface area contributed by atoms with Gasteiger partial charge in [-0.15, -0.1) is 0 Å². The van der Waals surface area contributed by atoms with Crippen molar-refractivity contribution in [2.75, 3.05) is 23.3 Å². The molecule has 1 unspecified atom stereocenters. The molecule has 0 saturated carbocycles. The molecule has 2 heterocycles. The molecule has 1 atom stereocenters. The fourth-order valence-electron chi connectivity index (χ4n) is 3.25. The molecule has 0 aliphatic carbocycles. The molecule has 1 fully saturated rings. The zero-order chi connectivity index (χ0) is 19.2. The van der Waals surface area contributed by atoms with E-state index < -0.39 is 11.9 Å². The summed E-state index contributed by atoms with van der Waals surface area (Å²) in [6.45, 7) is 5.78. The molecule has 0 spiro atoms. The van der Waals surface area contributed by atoms with Gasteiger partial charge in [0.1, 0.15) is 11.8 Å². The van der Waals surface area contributed by atoms with Crippen molar-refractivity contribution in [2.45, 2.75) is 45.6 Å². The van der Waals surface area contributed by atoms with Gasteiger partial charge in [0.2, 0.25) is 5.91 Å². The first kappa shape index (κ1) is 18.9. The molecule has 2 amide bonds. The number of nitrogens with zero attached hydrogens (tertiary/aromatic N) is 2. The average Bonchev–Trinajstić information content (AvgIpc) is 3.33. The largest absolute Gasteiger partial charge is 0.371 e. The highest BCUT2D eigenvalue weighted by Gasteiger charge is 2.22. The average molecular weight is 370 g/mol. The maximum atomic E-state index is 12.7. The standard InChI is InChI=1S/C20H26N4O3/c1-3-7-17(22-20(26)18-12-14(2)27-23-18)19(25)21-15-8-6-9-16(13-15)24-10-4-5-11-24/h6,8-9,12-13,17H,3-5,7,10-11H2,1-2H3,(H,21,25)(H,22,26). The highest BCUT2D eigenvalue weighted by atomic mass is 16.5. The summed E-state index contributed by atoms with van der Waals surface area (Å²) >= 11 is 0. The molecule has 0 bridgehead atoms. The molecular formula is C20H26N4O3. The van der Waals surface area contributed by atoms with Gasteiger partial charge in [0, 0.05) is 30.5 Å². The third kappa shape index (κ3) is 4.87. The lowest BCUT2D eigenvalue weighted by Crippen LogP contribution is -2.43. The Hall–Kier alpha value is -2.83. The summed E-state index contributed by atoms with van der Waals surface area (Å²) in [5.74, 6) is -0.0920. The van der Waals surface area contributed by atoms with E-state index in [0.29, 0.717) is 12.2 Å². The van der Waals surface area contributed by atoms with E-state index in [2.05, 4.69) is 26.8 Å². The molecule has 2 aromatic rings. The first-order valence-corrected chi connectivity index (χ1v) is 9.47. The number of anilines is 2. The highest BCUT2D eigenvalue weighted by Crippen LogP contribution is 2.23. The second-order valence-electron chi connectivity index (χ2n) is 6.87. The quantitative estimate of drug-likeness (QED) is 0.782. The molecule has 1 aliphatic rings. The number of aromatic nitrogens is 1. The summed E-state index contributed by atoms with van der Waals surface area (Å²) < 4.78 is 4.93. The highest BCUT2D eigenvalue weighted by molar-refractivity contribution is 6.00. The van der Waals surface area contributed by atoms with E-state index in [1.807, 2.05) is 25.1 Å². The van der Waals surface area contributed by atoms with Crippen LogP contribution in [-0.2, 0) is 4.79 Å². The fourth-order valence-corrected chi connectivity index (χ4v) is 3.25. The number of nitrogens with one attached hydrogen (secondary N) is 2. The van der Waals surface area contributed by atoms with Gasteiger partial charge in [0.15, 0.2) is 5.69 Å². The molecule has 7 heteroatoms. The van der Waals surface area contributed by atoms with Crippen molar-refractivity contribution >= 4 is 23.2 Å². The van der Waals surface area contributed by atoms with Crippen molar-refractivity contribution in [3.8, 4) is 0 Å². The van der Waals surface area contributed by atoms with Gasteiger partial charge in [-0.05, 0) is 44.4 Å². The molecule has 1 aromatic carbocycles. The summed E-state index contributed by atoms with van der Waals surface area (Å²) in [7, 11) is 0. The predicted molar refractivity (Wildman–Crippen MR) is 104 cm³/mol. The molecule has 0 radical (unpaired) electrons. The maximum absolute atomic E-state index is 12.7. The van der Waals surface area contributed by atoms with Crippen LogP contribution in [0.5, 0.6) is 0 Å². The van der Waals surface area contributed by atoms with Crippen LogP contribution in [0.4, 0.5) is 11.4 Å². The lowest BCUT2D eigenvalue weighted by molar-refractivity contribution is -0.118. The van der Waals surface area contributed by atoms with E-state index >= 15 is 0 Å². The normalized spacial score (nSPS) is 14.8. The third-order valence-corrected chi connectivity index (χ3v) is 4.64. The zero-order valence-corrected chi connectivity index (χ0v) is 15.8. The van der Waals surface area contributed by atoms with Crippen molar-refractivity contribution in [1.29, 1.82) is 0 Å². The topological polar surface area (TPSA) is 87.5 Å². The SMILES string of the molecule is CCCC(NC(=O)c1cc(C)on1)C(=O)Nc1cccc(N2CCCC2)c1. The number of benzene rings is 1. The van der Waals surface area contributed by atoms with E-state index in [1.165, 1.54) is 12.8 Å². The Morgan fingerprint density at radius 1 is 1.26 bits per heavy atom. The van der Waals surface area contributed by atoms with Crippen molar-refractivity contribution in [3.05, 3.63) is 41.8 Å². The monoisotopic (exact) mass is 370 g/mol. The first-order valence-electron chi connectivity index (χ1n) is 9.47. The Kier molecular flexibility index (Phi) is 6.11. The van der Waals surface area contributed by atoms with E-state index in [4.69, 9.17) is 4.52 Å². The van der Waals surface area contributed by atoms with Crippen LogP contribution in [0.1, 0.15) is 48.9 Å². The number of aryl methyl sites for hydroxylation is 1. The summed E-state index contributed by atoms with van der Waals surface area (Å²) in [5.41, 5.74) is 2.02. The maximum Gasteiger partial charge on any atom is 0.274 e. The lowest BCUT2D eigenvalue weighted by atomic mass is 10.1. The lowest BCUT2D eigenvalue weighted by Gasteiger charge is -2.20. The molecule has 1 aliphatic heterocycles. The number of carbonyl (C=O) groups excluding carboxylic acids is 2. The number of hydrogen-bond acceptors (Lipinski definition) is 5. The number of carbonyl (C=O) groups is 2.